The summed E-state index contributed by atoms with van der Waals surface area (Å²) in [5.41, 5.74) is 0.251. The maximum Gasteiger partial charge on any atom is 0.279 e. The fraction of sp³-hybridized carbons (Fsp3) is 0.286. The average Bonchev–Trinajstić information content (AvgIpc) is 3.19. The first-order chi connectivity index (χ1) is 10.3. The van der Waals surface area contributed by atoms with Crippen LogP contribution in [0.4, 0.5) is 0 Å². The van der Waals surface area contributed by atoms with Gasteiger partial charge in [-0.05, 0) is 12.5 Å². The molecule has 3 aromatic rings. The molecule has 0 radical (unpaired) electrons. The van der Waals surface area contributed by atoms with Crippen molar-refractivity contribution in [2.75, 3.05) is 13.2 Å². The predicted molar refractivity (Wildman–Crippen MR) is 73.8 cm³/mol. The van der Waals surface area contributed by atoms with Crippen LogP contribution in [0, 0.1) is 0 Å². The van der Waals surface area contributed by atoms with Crippen LogP contribution in [0.1, 0.15) is 18.2 Å². The van der Waals surface area contributed by atoms with Crippen molar-refractivity contribution < 1.29 is 9.26 Å². The zero-order chi connectivity index (χ0) is 14.2. The van der Waals surface area contributed by atoms with Gasteiger partial charge in [-0.1, -0.05) is 23.4 Å². The molecule has 7 heteroatoms. The Balaban J connectivity index is 1.83. The molecule has 2 aromatic heterocycles. The third-order valence-corrected chi connectivity index (χ3v) is 3.64. The Kier molecular flexibility index (Phi) is 2.78. The van der Waals surface area contributed by atoms with Crippen molar-refractivity contribution in [1.29, 1.82) is 0 Å². The Labute approximate surface area is 118 Å². The molecule has 1 saturated heterocycles. The number of fused-ring (bicyclic) bond motifs is 1. The van der Waals surface area contributed by atoms with Gasteiger partial charge in [-0.3, -0.25) is 4.79 Å². The van der Waals surface area contributed by atoms with Gasteiger partial charge in [-0.2, -0.15) is 10.1 Å². The topological polar surface area (TPSA) is 93.9 Å². The van der Waals surface area contributed by atoms with E-state index in [4.69, 9.17) is 9.26 Å². The number of hydrogen-bond donors (Lipinski definition) is 1. The monoisotopic (exact) mass is 284 g/mol. The highest BCUT2D eigenvalue weighted by Crippen LogP contribution is 2.27. The molecule has 4 rings (SSSR count). The number of H-pyrrole nitrogens is 1. The fourth-order valence-corrected chi connectivity index (χ4v) is 2.51. The van der Waals surface area contributed by atoms with Gasteiger partial charge in [-0.25, -0.2) is 5.10 Å². The number of nitrogens with one attached hydrogen (secondary N) is 1. The van der Waals surface area contributed by atoms with Gasteiger partial charge >= 0.3 is 0 Å². The molecular weight excluding hydrogens is 272 g/mol. The van der Waals surface area contributed by atoms with Gasteiger partial charge in [0.2, 0.25) is 0 Å². The Bertz CT molecular complexity index is 849. The molecule has 0 saturated carbocycles. The van der Waals surface area contributed by atoms with Crippen LogP contribution in [-0.2, 0) is 4.74 Å². The summed E-state index contributed by atoms with van der Waals surface area (Å²) in [6, 6.07) is 7.20. The fourth-order valence-electron chi connectivity index (χ4n) is 2.51. The summed E-state index contributed by atoms with van der Waals surface area (Å²) in [4.78, 5) is 16.2. The second kappa shape index (κ2) is 4.78. The quantitative estimate of drug-likeness (QED) is 0.766. The van der Waals surface area contributed by atoms with Gasteiger partial charge in [0.1, 0.15) is 0 Å². The first kappa shape index (κ1) is 12.2. The van der Waals surface area contributed by atoms with E-state index in [1.54, 1.807) is 12.1 Å². The minimum absolute atomic E-state index is 0.163. The summed E-state index contributed by atoms with van der Waals surface area (Å²) in [5, 5.41) is 11.8. The minimum atomic E-state index is -0.238. The number of benzene rings is 1. The van der Waals surface area contributed by atoms with E-state index in [1.807, 2.05) is 12.1 Å². The van der Waals surface area contributed by atoms with Crippen molar-refractivity contribution in [2.45, 2.75) is 12.3 Å². The number of aromatic nitrogens is 4. The van der Waals surface area contributed by atoms with Gasteiger partial charge < -0.3 is 9.26 Å². The molecule has 3 heterocycles. The first-order valence-corrected chi connectivity index (χ1v) is 6.72. The van der Waals surface area contributed by atoms with Crippen molar-refractivity contribution in [3.8, 4) is 11.6 Å². The SMILES string of the molecule is O=c1[nH]nc(-c2nc([C@@H]3CCOC3)no2)c2ccccc12. The molecule has 1 aliphatic rings. The van der Waals surface area contributed by atoms with Crippen LogP contribution in [0.3, 0.4) is 0 Å². The molecular formula is C14H12N4O3. The van der Waals surface area contributed by atoms with Crippen LogP contribution in [0.15, 0.2) is 33.6 Å². The standard InChI is InChI=1S/C14H12N4O3/c19-13-10-4-2-1-3-9(10)11(16-17-13)14-15-12(18-21-14)8-5-6-20-7-8/h1-4,8H,5-7H2,(H,17,19)/t8-/m1/s1. The molecule has 1 fully saturated rings. The Morgan fingerprint density at radius 3 is 2.90 bits per heavy atom. The summed E-state index contributed by atoms with van der Waals surface area (Å²) >= 11 is 0. The highest BCUT2D eigenvalue weighted by Gasteiger charge is 2.24. The summed E-state index contributed by atoms with van der Waals surface area (Å²) in [6.45, 7) is 1.33. The second-order valence-corrected chi connectivity index (χ2v) is 4.97. The van der Waals surface area contributed by atoms with Crippen molar-refractivity contribution in [3.05, 3.63) is 40.4 Å². The van der Waals surface area contributed by atoms with Crippen LogP contribution >= 0.6 is 0 Å². The van der Waals surface area contributed by atoms with Gasteiger partial charge in [0.15, 0.2) is 11.5 Å². The third kappa shape index (κ3) is 2.02. The van der Waals surface area contributed by atoms with E-state index < -0.39 is 0 Å². The maximum atomic E-state index is 11.8. The lowest BCUT2D eigenvalue weighted by Crippen LogP contribution is -2.09. The molecule has 21 heavy (non-hydrogen) atoms. The number of ether oxygens (including phenoxy) is 1. The van der Waals surface area contributed by atoms with Crippen LogP contribution < -0.4 is 5.56 Å². The first-order valence-electron chi connectivity index (χ1n) is 6.72. The zero-order valence-electron chi connectivity index (χ0n) is 11.1. The molecule has 0 amide bonds. The van der Waals surface area contributed by atoms with Crippen LogP contribution in [0.5, 0.6) is 0 Å². The summed E-state index contributed by atoms with van der Waals surface area (Å²) in [7, 11) is 0. The number of rotatable bonds is 2. The van der Waals surface area contributed by atoms with Crippen LogP contribution in [0.2, 0.25) is 0 Å². The molecule has 0 unspecified atom stereocenters. The lowest BCUT2D eigenvalue weighted by atomic mass is 10.1. The molecule has 0 spiro atoms. The van der Waals surface area contributed by atoms with Crippen molar-refractivity contribution >= 4 is 10.8 Å². The highest BCUT2D eigenvalue weighted by molar-refractivity contribution is 5.91. The number of hydrogen-bond acceptors (Lipinski definition) is 6. The smallest absolute Gasteiger partial charge is 0.279 e. The number of nitrogens with zero attached hydrogens (tertiary/aromatic N) is 3. The van der Waals surface area contributed by atoms with E-state index >= 15 is 0 Å². The van der Waals surface area contributed by atoms with Gasteiger partial charge in [0, 0.05) is 17.9 Å². The van der Waals surface area contributed by atoms with E-state index in [0.29, 0.717) is 41.4 Å². The van der Waals surface area contributed by atoms with Gasteiger partial charge in [-0.15, -0.1) is 0 Å². The maximum absolute atomic E-state index is 11.8. The molecule has 0 bridgehead atoms. The lowest BCUT2D eigenvalue weighted by Gasteiger charge is -2.00. The van der Waals surface area contributed by atoms with Gasteiger partial charge in [0.25, 0.3) is 11.4 Å². The average molecular weight is 284 g/mol. The highest BCUT2D eigenvalue weighted by atomic mass is 16.5. The van der Waals surface area contributed by atoms with Crippen molar-refractivity contribution in [2.24, 2.45) is 0 Å². The predicted octanol–water partition coefficient (Wildman–Crippen LogP) is 1.48. The van der Waals surface area contributed by atoms with Crippen LogP contribution in [0.25, 0.3) is 22.4 Å². The Morgan fingerprint density at radius 2 is 2.10 bits per heavy atom. The van der Waals surface area contributed by atoms with E-state index in [0.717, 1.165) is 6.42 Å². The Morgan fingerprint density at radius 1 is 1.24 bits per heavy atom. The van der Waals surface area contributed by atoms with E-state index in [9.17, 15) is 4.79 Å². The Hall–Kier alpha value is -2.54. The molecule has 1 N–H and O–H groups in total. The number of aromatic amines is 1. The molecule has 1 aliphatic heterocycles. The summed E-state index contributed by atoms with van der Waals surface area (Å²) in [6.07, 6.45) is 0.888. The van der Waals surface area contributed by atoms with E-state index in [2.05, 4.69) is 20.3 Å². The van der Waals surface area contributed by atoms with E-state index in [-0.39, 0.29) is 11.5 Å². The summed E-state index contributed by atoms with van der Waals surface area (Å²) in [5.74, 6) is 1.10. The zero-order valence-corrected chi connectivity index (χ0v) is 11.1. The van der Waals surface area contributed by atoms with Crippen molar-refractivity contribution in [3.63, 3.8) is 0 Å². The summed E-state index contributed by atoms with van der Waals surface area (Å²) < 4.78 is 10.6. The largest absolute Gasteiger partial charge is 0.381 e. The molecule has 1 atom stereocenters. The third-order valence-electron chi connectivity index (χ3n) is 3.64. The second-order valence-electron chi connectivity index (χ2n) is 4.97. The van der Waals surface area contributed by atoms with Crippen LogP contribution in [-0.4, -0.2) is 33.6 Å². The van der Waals surface area contributed by atoms with E-state index in [1.165, 1.54) is 0 Å². The molecule has 1 aromatic carbocycles. The minimum Gasteiger partial charge on any atom is -0.381 e. The normalized spacial score (nSPS) is 18.4. The molecule has 7 nitrogen and oxygen atoms in total. The molecule has 0 aliphatic carbocycles. The lowest BCUT2D eigenvalue weighted by molar-refractivity contribution is 0.192. The van der Waals surface area contributed by atoms with Crippen molar-refractivity contribution in [1.82, 2.24) is 20.3 Å². The van der Waals surface area contributed by atoms with Gasteiger partial charge in [0.05, 0.1) is 12.0 Å². The molecule has 106 valence electrons.